The first kappa shape index (κ1) is 20.7. The Kier molecular flexibility index (Phi) is 6.22. The van der Waals surface area contributed by atoms with Gasteiger partial charge in [-0.1, -0.05) is 12.1 Å². The van der Waals surface area contributed by atoms with E-state index in [9.17, 15) is 4.79 Å². The molecule has 3 N–H and O–H groups in total. The average molecular weight is 448 g/mol. The summed E-state index contributed by atoms with van der Waals surface area (Å²) < 4.78 is 4.54. The molecule has 2 aromatic carbocycles. The molecule has 1 atom stereocenters. The molecule has 158 valence electrons. The molecule has 0 fully saturated rings. The van der Waals surface area contributed by atoms with E-state index in [2.05, 4.69) is 37.8 Å². The van der Waals surface area contributed by atoms with Crippen molar-refractivity contribution < 1.29 is 10.0 Å². The first-order chi connectivity index (χ1) is 14.7. The quantitative estimate of drug-likeness (QED) is 0.191. The van der Waals surface area contributed by atoms with Crippen LogP contribution in [0.1, 0.15) is 11.7 Å². The van der Waals surface area contributed by atoms with Gasteiger partial charge in [-0.05, 0) is 42.0 Å². The Bertz CT molecular complexity index is 1050. The van der Waals surface area contributed by atoms with Crippen LogP contribution in [-0.4, -0.2) is 51.9 Å². The van der Waals surface area contributed by atoms with Gasteiger partial charge in [0.2, 0.25) is 0 Å². The maximum Gasteiger partial charge on any atom is 0.267 e. The summed E-state index contributed by atoms with van der Waals surface area (Å²) in [6.45, 7) is 2.34. The number of rotatable bonds is 10. The summed E-state index contributed by atoms with van der Waals surface area (Å²) in [7, 11) is 0. The lowest BCUT2D eigenvalue weighted by atomic mass is 10.2. The van der Waals surface area contributed by atoms with Gasteiger partial charge in [-0.2, -0.15) is 0 Å². The molecule has 1 aliphatic rings. The van der Waals surface area contributed by atoms with E-state index in [1.54, 1.807) is 11.6 Å². The zero-order chi connectivity index (χ0) is 21.1. The van der Waals surface area contributed by atoms with E-state index >= 15 is 0 Å². The van der Waals surface area contributed by atoms with Gasteiger partial charge in [-0.3, -0.25) is 19.4 Å². The predicted molar refractivity (Wildman–Crippen MR) is 122 cm³/mol. The van der Waals surface area contributed by atoms with Gasteiger partial charge in [0.25, 0.3) is 5.91 Å². The average Bonchev–Trinajstić information content (AvgIpc) is 3.42. The molecule has 0 saturated heterocycles. The molecule has 2 heterocycles. The lowest BCUT2D eigenvalue weighted by molar-refractivity contribution is -0.124. The Morgan fingerprint density at radius 1 is 1.07 bits per heavy atom. The molecule has 3 aromatic rings. The van der Waals surface area contributed by atoms with Crippen molar-refractivity contribution in [1.29, 1.82) is 0 Å². The van der Waals surface area contributed by atoms with Crippen molar-refractivity contribution in [2.45, 2.75) is 6.17 Å². The number of carbonyl (C=O) groups is 1. The second-order valence-electron chi connectivity index (χ2n) is 7.02. The van der Waals surface area contributed by atoms with E-state index in [0.717, 1.165) is 36.6 Å². The summed E-state index contributed by atoms with van der Waals surface area (Å²) in [4.78, 5) is 13.2. The number of amides is 1. The van der Waals surface area contributed by atoms with Crippen molar-refractivity contribution in [1.82, 2.24) is 14.8 Å². The fraction of sp³-hybridized carbons (Fsp3) is 0.286. The molecule has 0 spiro atoms. The molecule has 0 aliphatic carbocycles. The van der Waals surface area contributed by atoms with Crippen LogP contribution in [0.3, 0.4) is 0 Å². The molecular weight excluding hydrogens is 425 g/mol. The Balaban J connectivity index is 1.36. The number of anilines is 2. The molecule has 1 unspecified atom stereocenters. The van der Waals surface area contributed by atoms with Crippen LogP contribution in [0.25, 0.3) is 17.1 Å². The van der Waals surface area contributed by atoms with Crippen LogP contribution in [0, 0.1) is 0 Å². The summed E-state index contributed by atoms with van der Waals surface area (Å²) in [6, 6.07) is 14.2. The topological polar surface area (TPSA) is 74.5 Å². The van der Waals surface area contributed by atoms with Gasteiger partial charge < -0.3 is 10.2 Å². The minimum Gasteiger partial charge on any atom is -0.381 e. The number of alkyl halides is 2. The van der Waals surface area contributed by atoms with Crippen molar-refractivity contribution >= 4 is 57.6 Å². The van der Waals surface area contributed by atoms with Crippen molar-refractivity contribution in [2.75, 3.05) is 41.6 Å². The van der Waals surface area contributed by atoms with Crippen LogP contribution in [0.2, 0.25) is 0 Å². The van der Waals surface area contributed by atoms with Gasteiger partial charge in [-0.25, -0.2) is 5.48 Å². The molecule has 1 aliphatic heterocycles. The van der Waals surface area contributed by atoms with Gasteiger partial charge in [0.05, 0.1) is 17.6 Å². The molecule has 1 amide bonds. The number of hydroxylamine groups is 1. The normalized spacial score (nSPS) is 14.8. The first-order valence-electron chi connectivity index (χ1n) is 9.71. The van der Waals surface area contributed by atoms with E-state index < -0.39 is 5.91 Å². The highest BCUT2D eigenvalue weighted by Crippen LogP contribution is 2.40. The maximum absolute atomic E-state index is 11.0. The van der Waals surface area contributed by atoms with Crippen LogP contribution >= 0.6 is 23.2 Å². The first-order valence-corrected chi connectivity index (χ1v) is 10.8. The van der Waals surface area contributed by atoms with E-state index in [1.165, 1.54) is 17.1 Å². The minimum atomic E-state index is -0.555. The van der Waals surface area contributed by atoms with E-state index in [1.807, 2.05) is 24.3 Å². The molecule has 4 rings (SSSR count). The van der Waals surface area contributed by atoms with Gasteiger partial charge >= 0.3 is 0 Å². The van der Waals surface area contributed by atoms with Crippen molar-refractivity contribution in [3.05, 3.63) is 54.1 Å². The fourth-order valence-electron chi connectivity index (χ4n) is 3.68. The van der Waals surface area contributed by atoms with Crippen LogP contribution in [-0.2, 0) is 4.79 Å². The molecule has 0 saturated carbocycles. The zero-order valence-corrected chi connectivity index (χ0v) is 17.8. The molecule has 9 heteroatoms. The number of carbonyl (C=O) groups excluding carboxylic acids is 1. The summed E-state index contributed by atoms with van der Waals surface area (Å²) in [5, 5.41) is 12.0. The number of hydrogen-bond acceptors (Lipinski definition) is 4. The monoisotopic (exact) mass is 447 g/mol. The molecular formula is C21H23Cl2N5O2. The Labute approximate surface area is 184 Å². The smallest absolute Gasteiger partial charge is 0.267 e. The number of hydrogen-bond donors (Lipinski definition) is 3. The van der Waals surface area contributed by atoms with Crippen molar-refractivity contribution in [2.24, 2.45) is 0 Å². The molecule has 30 heavy (non-hydrogen) atoms. The van der Waals surface area contributed by atoms with Crippen molar-refractivity contribution in [3.8, 4) is 0 Å². The number of fused-ring (bicyclic) bond motifs is 4. The Morgan fingerprint density at radius 2 is 1.77 bits per heavy atom. The SMILES string of the molecule is O=C(/C=C/c1ccc(NCC2n3c4ccc(N(CCCl)CCCl)cc4n32)cc1)NO. The Morgan fingerprint density at radius 3 is 2.43 bits per heavy atom. The van der Waals surface area contributed by atoms with Gasteiger partial charge in [-0.15, -0.1) is 23.2 Å². The number of aromatic nitrogens is 2. The number of halogens is 2. The number of benzene rings is 2. The van der Waals surface area contributed by atoms with Crippen molar-refractivity contribution in [3.63, 3.8) is 0 Å². The number of nitrogens with zero attached hydrogens (tertiary/aromatic N) is 3. The van der Waals surface area contributed by atoms with Crippen LogP contribution in [0.5, 0.6) is 0 Å². The second kappa shape index (κ2) is 9.04. The summed E-state index contributed by atoms with van der Waals surface area (Å²) in [5.41, 5.74) is 7.07. The zero-order valence-electron chi connectivity index (χ0n) is 16.3. The third kappa shape index (κ3) is 4.14. The van der Waals surface area contributed by atoms with Gasteiger partial charge in [0, 0.05) is 42.3 Å². The highest BCUT2D eigenvalue weighted by molar-refractivity contribution is 6.18. The van der Waals surface area contributed by atoms with E-state index in [4.69, 9.17) is 28.4 Å². The minimum absolute atomic E-state index is 0.303. The summed E-state index contributed by atoms with van der Waals surface area (Å²) in [5.74, 6) is 0.583. The third-order valence-corrected chi connectivity index (χ3v) is 5.54. The summed E-state index contributed by atoms with van der Waals surface area (Å²) in [6.07, 6.45) is 3.22. The van der Waals surface area contributed by atoms with Gasteiger partial charge in [0.1, 0.15) is 0 Å². The molecule has 0 radical (unpaired) electrons. The van der Waals surface area contributed by atoms with Crippen LogP contribution in [0.15, 0.2) is 48.5 Å². The predicted octanol–water partition coefficient (Wildman–Crippen LogP) is 3.72. The van der Waals surface area contributed by atoms with Crippen LogP contribution < -0.4 is 15.7 Å². The maximum atomic E-state index is 11.0. The molecule has 7 nitrogen and oxygen atoms in total. The highest BCUT2D eigenvalue weighted by Gasteiger charge is 2.37. The lowest BCUT2D eigenvalue weighted by Crippen LogP contribution is -2.27. The fourth-order valence-corrected chi connectivity index (χ4v) is 4.09. The number of nitrogens with one attached hydrogen (secondary N) is 2. The standard InChI is InChI=1S/C21H23Cl2N5O2/c22-9-11-26(12-10-23)17-6-7-18-19(13-17)28-21(27(18)28)14-24-16-4-1-15(2-5-16)3-8-20(29)25-30/h1-8,13,21,24,30H,9-12,14H2,(H,25,29)/b8-3+. The third-order valence-electron chi connectivity index (χ3n) is 5.21. The largest absolute Gasteiger partial charge is 0.381 e. The van der Waals surface area contributed by atoms with E-state index in [-0.39, 0.29) is 0 Å². The molecule has 0 bridgehead atoms. The van der Waals surface area contributed by atoms with Crippen LogP contribution in [0.4, 0.5) is 11.4 Å². The molecule has 1 aromatic heterocycles. The Hall–Kier alpha value is -2.61. The summed E-state index contributed by atoms with van der Waals surface area (Å²) >= 11 is 11.9. The second-order valence-corrected chi connectivity index (χ2v) is 7.78. The highest BCUT2D eigenvalue weighted by atomic mass is 35.5. The van der Waals surface area contributed by atoms with Gasteiger partial charge in [0.15, 0.2) is 6.17 Å². The lowest BCUT2D eigenvalue weighted by Gasteiger charge is -2.23. The van der Waals surface area contributed by atoms with E-state index in [0.29, 0.717) is 17.9 Å².